The summed E-state index contributed by atoms with van der Waals surface area (Å²) in [5.74, 6) is 0. The number of carbonyl (C=O) groups is 1. The molecule has 0 radical (unpaired) electrons. The van der Waals surface area contributed by atoms with E-state index in [1.807, 2.05) is 0 Å². The largest absolute Gasteiger partial charge is 0.297 e. The van der Waals surface area contributed by atoms with E-state index in [1.165, 1.54) is 36.8 Å². The molecule has 0 spiro atoms. The minimum atomic E-state index is 0.953. The highest BCUT2D eigenvalue weighted by atomic mass is 32.1. The summed E-state index contributed by atoms with van der Waals surface area (Å²) < 4.78 is 0. The fraction of sp³-hybridized carbons (Fsp3) is 0.615. The lowest BCUT2D eigenvalue weighted by Gasteiger charge is -2.03. The van der Waals surface area contributed by atoms with E-state index >= 15 is 0 Å². The van der Waals surface area contributed by atoms with Gasteiger partial charge in [-0.25, -0.2) is 0 Å². The molecule has 0 bridgehead atoms. The Morgan fingerprint density at radius 1 is 1.20 bits per heavy atom. The Hall–Kier alpha value is -0.630. The predicted octanol–water partition coefficient (Wildman–Crippen LogP) is 4.25. The Kier molecular flexibility index (Phi) is 5.62. The van der Waals surface area contributed by atoms with Crippen LogP contribution in [0.4, 0.5) is 0 Å². The zero-order valence-electron chi connectivity index (χ0n) is 9.71. The van der Waals surface area contributed by atoms with Gasteiger partial charge in [0.1, 0.15) is 0 Å². The summed E-state index contributed by atoms with van der Waals surface area (Å²) in [6, 6.07) is 0. The minimum Gasteiger partial charge on any atom is -0.297 e. The number of hydrogen-bond donors (Lipinski definition) is 0. The third kappa shape index (κ3) is 3.45. The zero-order valence-corrected chi connectivity index (χ0v) is 10.5. The van der Waals surface area contributed by atoms with Crippen molar-refractivity contribution in [2.24, 2.45) is 0 Å². The number of thiophene rings is 1. The molecule has 0 N–H and O–H groups in total. The van der Waals surface area contributed by atoms with Crippen molar-refractivity contribution in [3.8, 4) is 0 Å². The van der Waals surface area contributed by atoms with Crippen molar-refractivity contribution in [3.05, 3.63) is 21.4 Å². The van der Waals surface area contributed by atoms with Gasteiger partial charge >= 0.3 is 0 Å². The lowest BCUT2D eigenvalue weighted by atomic mass is 10.0. The second-order valence-corrected chi connectivity index (χ2v) is 4.84. The molecule has 0 amide bonds. The van der Waals surface area contributed by atoms with Crippen molar-refractivity contribution in [1.82, 2.24) is 0 Å². The van der Waals surface area contributed by atoms with E-state index in [-0.39, 0.29) is 0 Å². The van der Waals surface area contributed by atoms with Crippen LogP contribution in [0.1, 0.15) is 60.3 Å². The summed E-state index contributed by atoms with van der Waals surface area (Å²) in [6.45, 7) is 4.40. The lowest BCUT2D eigenvalue weighted by Crippen LogP contribution is -1.94. The van der Waals surface area contributed by atoms with E-state index in [0.717, 1.165) is 24.0 Å². The van der Waals surface area contributed by atoms with Gasteiger partial charge in [0.25, 0.3) is 0 Å². The average molecular weight is 224 g/mol. The average Bonchev–Trinajstić information content (AvgIpc) is 2.65. The van der Waals surface area contributed by atoms with Gasteiger partial charge in [0.15, 0.2) is 6.29 Å². The molecule has 1 heterocycles. The van der Waals surface area contributed by atoms with Gasteiger partial charge in [-0.2, -0.15) is 0 Å². The molecule has 0 aliphatic heterocycles. The van der Waals surface area contributed by atoms with Gasteiger partial charge < -0.3 is 0 Å². The molecule has 0 unspecified atom stereocenters. The van der Waals surface area contributed by atoms with E-state index in [2.05, 4.69) is 19.2 Å². The van der Waals surface area contributed by atoms with Crippen LogP contribution < -0.4 is 0 Å². The quantitative estimate of drug-likeness (QED) is 0.633. The first-order valence-electron chi connectivity index (χ1n) is 5.87. The summed E-state index contributed by atoms with van der Waals surface area (Å²) >= 11 is 1.61. The number of aryl methyl sites for hydroxylation is 1. The molecule has 1 nitrogen and oxygen atoms in total. The Balaban J connectivity index is 2.75. The molecule has 0 saturated carbocycles. The second kappa shape index (κ2) is 6.78. The summed E-state index contributed by atoms with van der Waals surface area (Å²) in [7, 11) is 0. The van der Waals surface area contributed by atoms with Gasteiger partial charge in [-0.1, -0.05) is 26.7 Å². The van der Waals surface area contributed by atoms with Gasteiger partial charge in [0.05, 0.1) is 4.88 Å². The summed E-state index contributed by atoms with van der Waals surface area (Å²) in [4.78, 5) is 11.8. The van der Waals surface area contributed by atoms with Crippen LogP contribution in [-0.2, 0) is 12.8 Å². The summed E-state index contributed by atoms with van der Waals surface area (Å²) in [5.41, 5.74) is 2.74. The van der Waals surface area contributed by atoms with Crippen molar-refractivity contribution < 1.29 is 4.79 Å². The highest BCUT2D eigenvalue weighted by molar-refractivity contribution is 7.12. The zero-order chi connectivity index (χ0) is 11.1. The van der Waals surface area contributed by atoms with Crippen LogP contribution in [0.3, 0.4) is 0 Å². The highest BCUT2D eigenvalue weighted by Gasteiger charge is 2.09. The molecule has 0 aromatic carbocycles. The van der Waals surface area contributed by atoms with Gasteiger partial charge in [-0.05, 0) is 42.2 Å². The van der Waals surface area contributed by atoms with Gasteiger partial charge in [-0.15, -0.1) is 11.3 Å². The van der Waals surface area contributed by atoms with Crippen molar-refractivity contribution in [1.29, 1.82) is 0 Å². The van der Waals surface area contributed by atoms with Crippen molar-refractivity contribution in [2.45, 2.75) is 52.4 Å². The number of hydrogen-bond acceptors (Lipinski definition) is 2. The Labute approximate surface area is 96.5 Å². The molecule has 1 rings (SSSR count). The third-order valence-electron chi connectivity index (χ3n) is 2.70. The van der Waals surface area contributed by atoms with Crippen LogP contribution in [0.25, 0.3) is 0 Å². The number of unbranched alkanes of at least 4 members (excludes halogenated alkanes) is 2. The Bertz CT molecular complexity index is 301. The van der Waals surface area contributed by atoms with E-state index in [1.54, 1.807) is 11.3 Å². The molecule has 0 saturated heterocycles. The van der Waals surface area contributed by atoms with E-state index in [4.69, 9.17) is 0 Å². The number of carbonyl (C=O) groups excluding carboxylic acids is 1. The standard InChI is InChI=1S/C13H20OS/c1-3-5-7-11-10-15-13(9-14)12(11)8-6-4-2/h9-10H,3-8H2,1-2H3. The Morgan fingerprint density at radius 3 is 2.47 bits per heavy atom. The fourth-order valence-electron chi connectivity index (χ4n) is 1.75. The fourth-order valence-corrected chi connectivity index (χ4v) is 2.71. The first kappa shape index (κ1) is 12.4. The minimum absolute atomic E-state index is 0.953. The first-order valence-corrected chi connectivity index (χ1v) is 6.75. The summed E-state index contributed by atoms with van der Waals surface area (Å²) in [6.07, 6.45) is 8.07. The topological polar surface area (TPSA) is 17.1 Å². The van der Waals surface area contributed by atoms with E-state index in [0.29, 0.717) is 0 Å². The number of aldehydes is 1. The SMILES string of the molecule is CCCCc1csc(C=O)c1CCCC. The molecule has 1 aromatic rings. The molecule has 84 valence electrons. The lowest BCUT2D eigenvalue weighted by molar-refractivity contribution is 0.112. The highest BCUT2D eigenvalue weighted by Crippen LogP contribution is 2.24. The number of rotatable bonds is 7. The van der Waals surface area contributed by atoms with Crippen molar-refractivity contribution in [2.75, 3.05) is 0 Å². The van der Waals surface area contributed by atoms with Crippen LogP contribution in [0.5, 0.6) is 0 Å². The molecule has 0 aliphatic carbocycles. The van der Waals surface area contributed by atoms with Crippen molar-refractivity contribution >= 4 is 17.6 Å². The molecule has 1 aromatic heterocycles. The second-order valence-electron chi connectivity index (χ2n) is 3.93. The smallest absolute Gasteiger partial charge is 0.160 e. The van der Waals surface area contributed by atoms with Crippen LogP contribution in [0.2, 0.25) is 0 Å². The van der Waals surface area contributed by atoms with E-state index in [9.17, 15) is 4.79 Å². The molecular weight excluding hydrogens is 204 g/mol. The van der Waals surface area contributed by atoms with Crippen molar-refractivity contribution in [3.63, 3.8) is 0 Å². The van der Waals surface area contributed by atoms with E-state index < -0.39 is 0 Å². The van der Waals surface area contributed by atoms with Gasteiger partial charge in [-0.3, -0.25) is 4.79 Å². The van der Waals surface area contributed by atoms with Crippen LogP contribution in [0.15, 0.2) is 5.38 Å². The third-order valence-corrected chi connectivity index (χ3v) is 3.70. The van der Waals surface area contributed by atoms with Crippen LogP contribution in [0, 0.1) is 0 Å². The maximum atomic E-state index is 10.9. The van der Waals surface area contributed by atoms with Gasteiger partial charge in [0, 0.05) is 0 Å². The maximum Gasteiger partial charge on any atom is 0.160 e. The molecule has 2 heteroatoms. The maximum absolute atomic E-state index is 10.9. The Morgan fingerprint density at radius 2 is 1.87 bits per heavy atom. The summed E-state index contributed by atoms with van der Waals surface area (Å²) in [5, 5.41) is 2.17. The van der Waals surface area contributed by atoms with Crippen LogP contribution >= 0.6 is 11.3 Å². The molecule has 15 heavy (non-hydrogen) atoms. The molecule has 0 atom stereocenters. The van der Waals surface area contributed by atoms with Gasteiger partial charge in [0.2, 0.25) is 0 Å². The molecule has 0 fully saturated rings. The molecule has 0 aliphatic rings. The van der Waals surface area contributed by atoms with Crippen LogP contribution in [-0.4, -0.2) is 6.29 Å². The predicted molar refractivity (Wildman–Crippen MR) is 66.9 cm³/mol. The molecular formula is C13H20OS. The normalized spacial score (nSPS) is 10.5. The first-order chi connectivity index (χ1) is 7.33. The monoisotopic (exact) mass is 224 g/mol.